The van der Waals surface area contributed by atoms with Gasteiger partial charge in [-0.25, -0.2) is 4.39 Å². The number of aromatic amines is 1. The fourth-order valence-corrected chi connectivity index (χ4v) is 2.24. The van der Waals surface area contributed by atoms with Crippen LogP contribution in [-0.4, -0.2) is 4.98 Å². The highest BCUT2D eigenvalue weighted by atomic mass is 35.5. The van der Waals surface area contributed by atoms with E-state index in [2.05, 4.69) is 4.98 Å². The quantitative estimate of drug-likeness (QED) is 0.812. The molecule has 1 heterocycles. The minimum absolute atomic E-state index is 0.138. The van der Waals surface area contributed by atoms with Gasteiger partial charge in [0.1, 0.15) is 5.82 Å². The summed E-state index contributed by atoms with van der Waals surface area (Å²) in [6.45, 7) is 0. The molecule has 2 nitrogen and oxygen atoms in total. The van der Waals surface area contributed by atoms with Crippen LogP contribution in [0.4, 0.5) is 4.39 Å². The van der Waals surface area contributed by atoms with Crippen LogP contribution in [0.15, 0.2) is 23.0 Å². The fraction of sp³-hybridized carbons (Fsp3) is 0.250. The maximum atomic E-state index is 13.2. The fourth-order valence-electron chi connectivity index (χ4n) is 1.94. The van der Waals surface area contributed by atoms with Crippen molar-refractivity contribution >= 4 is 22.5 Å². The highest BCUT2D eigenvalue weighted by Gasteiger charge is 2.25. The number of rotatable bonds is 1. The minimum atomic E-state index is -0.430. The number of nitrogens with one attached hydrogen (secondary N) is 1. The Bertz CT molecular complexity index is 631. The molecule has 1 aromatic heterocycles. The number of fused-ring (bicyclic) bond motifs is 1. The zero-order chi connectivity index (χ0) is 11.3. The van der Waals surface area contributed by atoms with Gasteiger partial charge in [-0.05, 0) is 30.9 Å². The minimum Gasteiger partial charge on any atom is -0.358 e. The van der Waals surface area contributed by atoms with Gasteiger partial charge in [0.25, 0.3) is 0 Å². The van der Waals surface area contributed by atoms with Crippen LogP contribution < -0.4 is 5.43 Å². The van der Waals surface area contributed by atoms with Crippen LogP contribution in [0, 0.1) is 5.82 Å². The molecular formula is C12H9ClFNO. The molecule has 1 fully saturated rings. The summed E-state index contributed by atoms with van der Waals surface area (Å²) in [5.74, 6) is 0.000222. The molecule has 0 atom stereocenters. The lowest BCUT2D eigenvalue weighted by Crippen LogP contribution is -2.05. The second kappa shape index (κ2) is 3.32. The smallest absolute Gasteiger partial charge is 0.191 e. The molecule has 0 radical (unpaired) electrons. The Morgan fingerprint density at radius 1 is 1.31 bits per heavy atom. The van der Waals surface area contributed by atoms with Crippen molar-refractivity contribution in [3.05, 3.63) is 45.0 Å². The summed E-state index contributed by atoms with van der Waals surface area (Å²) in [6, 6.07) is 4.05. The van der Waals surface area contributed by atoms with Crippen LogP contribution >= 0.6 is 11.6 Å². The van der Waals surface area contributed by atoms with Crippen molar-refractivity contribution in [2.45, 2.75) is 18.8 Å². The number of H-pyrrole nitrogens is 1. The van der Waals surface area contributed by atoms with Crippen molar-refractivity contribution in [1.29, 1.82) is 0 Å². The van der Waals surface area contributed by atoms with Crippen molar-refractivity contribution in [3.8, 4) is 0 Å². The number of hydrogen-bond donors (Lipinski definition) is 1. The third-order valence-electron chi connectivity index (χ3n) is 2.88. The van der Waals surface area contributed by atoms with Crippen molar-refractivity contribution in [2.24, 2.45) is 0 Å². The highest BCUT2D eigenvalue weighted by molar-refractivity contribution is 6.35. The molecule has 2 aromatic rings. The van der Waals surface area contributed by atoms with Crippen LogP contribution in [-0.2, 0) is 0 Å². The molecule has 3 rings (SSSR count). The lowest BCUT2D eigenvalue weighted by molar-refractivity contribution is 0.629. The lowest BCUT2D eigenvalue weighted by atomic mass is 10.1. The number of aromatic nitrogens is 1. The summed E-state index contributed by atoms with van der Waals surface area (Å²) in [5, 5.41) is 0.533. The highest BCUT2D eigenvalue weighted by Crippen LogP contribution is 2.39. The average Bonchev–Trinajstić information content (AvgIpc) is 2.97. The predicted molar refractivity (Wildman–Crippen MR) is 61.5 cm³/mol. The number of pyridine rings is 1. The normalized spacial score (nSPS) is 15.6. The average molecular weight is 238 g/mol. The summed E-state index contributed by atoms with van der Waals surface area (Å²) < 4.78 is 13.2. The van der Waals surface area contributed by atoms with Gasteiger partial charge < -0.3 is 4.98 Å². The molecule has 0 unspecified atom stereocenters. The van der Waals surface area contributed by atoms with Gasteiger partial charge in [0.2, 0.25) is 0 Å². The summed E-state index contributed by atoms with van der Waals surface area (Å²) >= 11 is 5.86. The second-order valence-electron chi connectivity index (χ2n) is 4.17. The molecule has 1 aliphatic carbocycles. The Morgan fingerprint density at radius 3 is 2.75 bits per heavy atom. The standard InChI is InChI=1S/C12H9ClFNO/c13-8-3-7(14)4-10-12(8)11(16)5-9(15-10)6-1-2-6/h3-6H,1-2H2,(H,15,16). The van der Waals surface area contributed by atoms with E-state index in [1.165, 1.54) is 6.07 Å². The molecule has 82 valence electrons. The summed E-state index contributed by atoms with van der Waals surface area (Å²) in [5.41, 5.74) is 1.24. The molecule has 1 N–H and O–H groups in total. The first-order chi connectivity index (χ1) is 7.65. The molecule has 0 aliphatic heterocycles. The van der Waals surface area contributed by atoms with E-state index >= 15 is 0 Å². The van der Waals surface area contributed by atoms with E-state index in [1.807, 2.05) is 0 Å². The van der Waals surface area contributed by atoms with Crippen LogP contribution in [0.2, 0.25) is 5.02 Å². The van der Waals surface area contributed by atoms with Gasteiger partial charge in [-0.1, -0.05) is 11.6 Å². The predicted octanol–water partition coefficient (Wildman–Crippen LogP) is 3.20. The van der Waals surface area contributed by atoms with Gasteiger partial charge in [-0.15, -0.1) is 0 Å². The van der Waals surface area contributed by atoms with Gasteiger partial charge >= 0.3 is 0 Å². The maximum absolute atomic E-state index is 13.2. The van der Waals surface area contributed by atoms with Gasteiger partial charge in [-0.3, -0.25) is 4.79 Å². The topological polar surface area (TPSA) is 32.9 Å². The largest absolute Gasteiger partial charge is 0.358 e. The summed E-state index contributed by atoms with van der Waals surface area (Å²) in [7, 11) is 0. The van der Waals surface area contributed by atoms with Crippen LogP contribution in [0.3, 0.4) is 0 Å². The van der Waals surface area contributed by atoms with Gasteiger partial charge in [-0.2, -0.15) is 0 Å². The number of benzene rings is 1. The van der Waals surface area contributed by atoms with Gasteiger partial charge in [0.05, 0.1) is 15.9 Å². The summed E-state index contributed by atoms with van der Waals surface area (Å²) in [6.07, 6.45) is 2.18. The van der Waals surface area contributed by atoms with Crippen LogP contribution in [0.5, 0.6) is 0 Å². The van der Waals surface area contributed by atoms with E-state index in [4.69, 9.17) is 11.6 Å². The second-order valence-corrected chi connectivity index (χ2v) is 4.58. The molecule has 1 aliphatic rings. The van der Waals surface area contributed by atoms with Gasteiger partial charge in [0.15, 0.2) is 5.43 Å². The van der Waals surface area contributed by atoms with E-state index in [9.17, 15) is 9.18 Å². The van der Waals surface area contributed by atoms with Crippen LogP contribution in [0.25, 0.3) is 10.9 Å². The Balaban J connectivity index is 2.37. The Morgan fingerprint density at radius 2 is 2.06 bits per heavy atom. The maximum Gasteiger partial charge on any atom is 0.191 e. The lowest BCUT2D eigenvalue weighted by Gasteiger charge is -2.04. The molecule has 0 spiro atoms. The number of halogens is 2. The third kappa shape index (κ3) is 1.52. The Hall–Kier alpha value is -1.35. The molecule has 16 heavy (non-hydrogen) atoms. The van der Waals surface area contributed by atoms with E-state index < -0.39 is 5.82 Å². The Kier molecular flexibility index (Phi) is 2.04. The van der Waals surface area contributed by atoms with Crippen molar-refractivity contribution in [3.63, 3.8) is 0 Å². The van der Waals surface area contributed by atoms with E-state index in [1.54, 1.807) is 6.07 Å². The van der Waals surface area contributed by atoms with E-state index in [0.29, 0.717) is 16.8 Å². The van der Waals surface area contributed by atoms with Crippen molar-refractivity contribution in [1.82, 2.24) is 4.98 Å². The van der Waals surface area contributed by atoms with E-state index in [-0.39, 0.29) is 10.5 Å². The van der Waals surface area contributed by atoms with E-state index in [0.717, 1.165) is 24.6 Å². The van der Waals surface area contributed by atoms with Crippen molar-refractivity contribution < 1.29 is 4.39 Å². The molecule has 1 aromatic carbocycles. The van der Waals surface area contributed by atoms with Crippen molar-refractivity contribution in [2.75, 3.05) is 0 Å². The third-order valence-corrected chi connectivity index (χ3v) is 3.18. The molecule has 0 bridgehead atoms. The molecular weight excluding hydrogens is 229 g/mol. The Labute approximate surface area is 96.1 Å². The first-order valence-corrected chi connectivity index (χ1v) is 5.55. The zero-order valence-electron chi connectivity index (χ0n) is 8.39. The SMILES string of the molecule is O=c1cc(C2CC2)[nH]c2cc(F)cc(Cl)c12. The monoisotopic (exact) mass is 237 g/mol. The summed E-state index contributed by atoms with van der Waals surface area (Å²) in [4.78, 5) is 14.9. The molecule has 4 heteroatoms. The van der Waals surface area contributed by atoms with Crippen LogP contribution in [0.1, 0.15) is 24.5 Å². The zero-order valence-corrected chi connectivity index (χ0v) is 9.14. The first-order valence-electron chi connectivity index (χ1n) is 5.17. The number of hydrogen-bond acceptors (Lipinski definition) is 1. The molecule has 1 saturated carbocycles. The molecule has 0 saturated heterocycles. The molecule has 0 amide bonds. The first kappa shape index (κ1) is 9.85. The van der Waals surface area contributed by atoms with Gasteiger partial charge in [0, 0.05) is 11.8 Å².